The Labute approximate surface area is 99.3 Å². The first kappa shape index (κ1) is 13.9. The number of hydrogen-bond donors (Lipinski definition) is 1. The zero-order valence-corrected chi connectivity index (χ0v) is 10.9. The first-order valence-electron chi connectivity index (χ1n) is 6.19. The molecule has 0 aromatic carbocycles. The Bertz CT molecular complexity index is 186. The molecule has 1 fully saturated rings. The fourth-order valence-corrected chi connectivity index (χ4v) is 2.04. The zero-order chi connectivity index (χ0) is 11.9. The lowest BCUT2D eigenvalue weighted by molar-refractivity contribution is 0.0486. The summed E-state index contributed by atoms with van der Waals surface area (Å²) in [7, 11) is 1.70. The fraction of sp³-hybridized carbons (Fsp3) is 1.00. The van der Waals surface area contributed by atoms with E-state index in [0.29, 0.717) is 13.2 Å². The van der Waals surface area contributed by atoms with Crippen molar-refractivity contribution in [3.05, 3.63) is 0 Å². The average molecular weight is 230 g/mol. The van der Waals surface area contributed by atoms with E-state index in [4.69, 9.17) is 9.47 Å². The predicted molar refractivity (Wildman–Crippen MR) is 65.8 cm³/mol. The Balaban J connectivity index is 2.07. The van der Waals surface area contributed by atoms with Crippen molar-refractivity contribution in [1.82, 2.24) is 10.2 Å². The number of hydrogen-bond acceptors (Lipinski definition) is 4. The minimum atomic E-state index is 0.283. The van der Waals surface area contributed by atoms with Crippen LogP contribution in [0.15, 0.2) is 0 Å². The molecule has 1 N–H and O–H groups in total. The van der Waals surface area contributed by atoms with Crippen LogP contribution in [-0.4, -0.2) is 63.5 Å². The molecule has 0 spiro atoms. The highest BCUT2D eigenvalue weighted by atomic mass is 16.5. The fourth-order valence-electron chi connectivity index (χ4n) is 2.04. The topological polar surface area (TPSA) is 33.7 Å². The van der Waals surface area contributed by atoms with Crippen LogP contribution in [0, 0.1) is 0 Å². The van der Waals surface area contributed by atoms with Crippen LogP contribution in [-0.2, 0) is 9.47 Å². The smallest absolute Gasteiger partial charge is 0.0700 e. The number of methoxy groups -OCH3 is 1. The molecular weight excluding hydrogens is 204 g/mol. The van der Waals surface area contributed by atoms with E-state index in [0.717, 1.165) is 39.2 Å². The van der Waals surface area contributed by atoms with Crippen LogP contribution in [0.4, 0.5) is 0 Å². The summed E-state index contributed by atoms with van der Waals surface area (Å²) in [5.74, 6) is 0. The molecule has 1 saturated heterocycles. The molecule has 0 saturated carbocycles. The third-order valence-corrected chi connectivity index (χ3v) is 3.12. The molecule has 4 nitrogen and oxygen atoms in total. The van der Waals surface area contributed by atoms with Crippen LogP contribution in [0.2, 0.25) is 0 Å². The summed E-state index contributed by atoms with van der Waals surface area (Å²) < 4.78 is 10.4. The zero-order valence-electron chi connectivity index (χ0n) is 10.9. The number of ether oxygens (including phenoxy) is 2. The summed E-state index contributed by atoms with van der Waals surface area (Å²) in [6.07, 6.45) is 1.10. The molecule has 0 unspecified atom stereocenters. The third kappa shape index (κ3) is 4.78. The van der Waals surface area contributed by atoms with E-state index in [1.165, 1.54) is 0 Å². The van der Waals surface area contributed by atoms with Gasteiger partial charge in [-0.2, -0.15) is 0 Å². The van der Waals surface area contributed by atoms with Gasteiger partial charge in [0.05, 0.1) is 13.2 Å². The Kier molecular flexibility index (Phi) is 6.28. The van der Waals surface area contributed by atoms with Gasteiger partial charge in [0.25, 0.3) is 0 Å². The summed E-state index contributed by atoms with van der Waals surface area (Å²) in [6.45, 7) is 11.3. The van der Waals surface area contributed by atoms with Gasteiger partial charge < -0.3 is 14.8 Å². The summed E-state index contributed by atoms with van der Waals surface area (Å²) in [5.41, 5.74) is 0.283. The van der Waals surface area contributed by atoms with E-state index < -0.39 is 0 Å². The first-order chi connectivity index (χ1) is 7.67. The normalized spacial score (nSPS) is 21.2. The van der Waals surface area contributed by atoms with Crippen LogP contribution >= 0.6 is 0 Å². The highest BCUT2D eigenvalue weighted by Crippen LogP contribution is 2.15. The van der Waals surface area contributed by atoms with Crippen molar-refractivity contribution in [3.63, 3.8) is 0 Å². The monoisotopic (exact) mass is 230 g/mol. The van der Waals surface area contributed by atoms with Crippen LogP contribution in [0.3, 0.4) is 0 Å². The van der Waals surface area contributed by atoms with Crippen molar-refractivity contribution >= 4 is 0 Å². The maximum absolute atomic E-state index is 5.47. The van der Waals surface area contributed by atoms with Gasteiger partial charge >= 0.3 is 0 Å². The second kappa shape index (κ2) is 7.22. The predicted octanol–water partition coefficient (Wildman–Crippen LogP) is 0.723. The minimum Gasteiger partial charge on any atom is -0.382 e. The summed E-state index contributed by atoms with van der Waals surface area (Å²) in [4.78, 5) is 2.54. The highest BCUT2D eigenvalue weighted by molar-refractivity contribution is 4.87. The van der Waals surface area contributed by atoms with E-state index in [2.05, 4.69) is 24.1 Å². The average Bonchev–Trinajstić information content (AvgIpc) is 2.25. The molecule has 0 atom stereocenters. The summed E-state index contributed by atoms with van der Waals surface area (Å²) >= 11 is 0. The van der Waals surface area contributed by atoms with Gasteiger partial charge in [-0.3, -0.25) is 4.90 Å². The molecule has 16 heavy (non-hydrogen) atoms. The van der Waals surface area contributed by atoms with Crippen molar-refractivity contribution in [2.45, 2.75) is 25.8 Å². The van der Waals surface area contributed by atoms with E-state index in [1.807, 2.05) is 0 Å². The molecule has 1 heterocycles. The van der Waals surface area contributed by atoms with Crippen LogP contribution in [0.25, 0.3) is 0 Å². The van der Waals surface area contributed by atoms with Crippen LogP contribution in [0.5, 0.6) is 0 Å². The molecule has 4 heteroatoms. The van der Waals surface area contributed by atoms with Gasteiger partial charge in [0.2, 0.25) is 0 Å². The second-order valence-corrected chi connectivity index (χ2v) is 4.93. The van der Waals surface area contributed by atoms with E-state index >= 15 is 0 Å². The molecule has 0 aromatic heterocycles. The van der Waals surface area contributed by atoms with Crippen molar-refractivity contribution < 1.29 is 9.47 Å². The Morgan fingerprint density at radius 3 is 2.75 bits per heavy atom. The van der Waals surface area contributed by atoms with E-state index in [1.54, 1.807) is 7.11 Å². The maximum atomic E-state index is 5.47. The van der Waals surface area contributed by atoms with Crippen molar-refractivity contribution in [2.75, 3.05) is 53.1 Å². The molecule has 0 amide bonds. The number of rotatable bonds is 7. The van der Waals surface area contributed by atoms with Gasteiger partial charge in [0, 0.05) is 45.4 Å². The van der Waals surface area contributed by atoms with Gasteiger partial charge in [-0.1, -0.05) is 0 Å². The Morgan fingerprint density at radius 2 is 2.06 bits per heavy atom. The van der Waals surface area contributed by atoms with Gasteiger partial charge in [-0.05, 0) is 20.3 Å². The minimum absolute atomic E-state index is 0.283. The quantitative estimate of drug-likeness (QED) is 0.654. The van der Waals surface area contributed by atoms with Crippen molar-refractivity contribution in [2.24, 2.45) is 0 Å². The molecule has 1 rings (SSSR count). The number of nitrogens with zero attached hydrogens (tertiary/aromatic N) is 1. The molecule has 0 radical (unpaired) electrons. The highest BCUT2D eigenvalue weighted by Gasteiger charge is 2.28. The number of nitrogens with one attached hydrogen (secondary N) is 1. The number of piperazine rings is 1. The molecule has 1 aliphatic rings. The lowest BCUT2D eigenvalue weighted by atomic mass is 10.00. The molecule has 1 aliphatic heterocycles. The largest absolute Gasteiger partial charge is 0.382 e. The van der Waals surface area contributed by atoms with E-state index in [-0.39, 0.29) is 5.54 Å². The lowest BCUT2D eigenvalue weighted by Crippen LogP contribution is -2.58. The summed E-state index contributed by atoms with van der Waals surface area (Å²) in [6, 6.07) is 0. The molecule has 0 bridgehead atoms. The second-order valence-electron chi connectivity index (χ2n) is 4.93. The van der Waals surface area contributed by atoms with Gasteiger partial charge in [-0.15, -0.1) is 0 Å². The van der Waals surface area contributed by atoms with Gasteiger partial charge in [0.1, 0.15) is 0 Å². The maximum Gasteiger partial charge on any atom is 0.0700 e. The standard InChI is InChI=1S/C12H26N2O2/c1-12(2)11-13-5-7-14(12)6-4-8-16-10-9-15-3/h13H,4-11H2,1-3H3. The van der Waals surface area contributed by atoms with Crippen molar-refractivity contribution in [1.29, 1.82) is 0 Å². The van der Waals surface area contributed by atoms with Gasteiger partial charge in [-0.25, -0.2) is 0 Å². The molecule has 0 aliphatic carbocycles. The SMILES string of the molecule is COCCOCCCN1CCNCC1(C)C. The Morgan fingerprint density at radius 1 is 1.25 bits per heavy atom. The summed E-state index contributed by atoms with van der Waals surface area (Å²) in [5, 5.41) is 3.43. The van der Waals surface area contributed by atoms with Gasteiger partial charge in [0.15, 0.2) is 0 Å². The van der Waals surface area contributed by atoms with Crippen LogP contribution in [0.1, 0.15) is 20.3 Å². The first-order valence-corrected chi connectivity index (χ1v) is 6.19. The lowest BCUT2D eigenvalue weighted by Gasteiger charge is -2.42. The van der Waals surface area contributed by atoms with Crippen molar-refractivity contribution in [3.8, 4) is 0 Å². The molecular formula is C12H26N2O2. The molecule has 96 valence electrons. The molecule has 0 aromatic rings. The van der Waals surface area contributed by atoms with Crippen LogP contribution < -0.4 is 5.32 Å². The third-order valence-electron chi connectivity index (χ3n) is 3.12. The van der Waals surface area contributed by atoms with E-state index in [9.17, 15) is 0 Å². The Hall–Kier alpha value is -0.160.